The summed E-state index contributed by atoms with van der Waals surface area (Å²) in [7, 11) is 0. The van der Waals surface area contributed by atoms with Crippen LogP contribution in [0.4, 0.5) is 9.59 Å². The molecule has 0 aromatic heterocycles. The first-order valence-electron chi connectivity index (χ1n) is 7.87. The summed E-state index contributed by atoms with van der Waals surface area (Å²) in [5.41, 5.74) is 5.18. The molecule has 1 aliphatic heterocycles. The van der Waals surface area contributed by atoms with E-state index in [1.54, 1.807) is 24.8 Å². The highest BCUT2D eigenvalue weighted by Gasteiger charge is 2.47. The molecule has 1 aliphatic rings. The Morgan fingerprint density at radius 1 is 1.45 bits per heavy atom. The molecule has 3 N–H and O–H groups in total. The van der Waals surface area contributed by atoms with E-state index in [9.17, 15) is 9.59 Å². The fraction of sp³-hybridized carbons (Fsp3) is 0.750. The monoisotopic (exact) mass is 310 g/mol. The fourth-order valence-corrected chi connectivity index (χ4v) is 2.33. The second-order valence-corrected chi connectivity index (χ2v) is 6.97. The van der Waals surface area contributed by atoms with E-state index in [0.29, 0.717) is 13.1 Å². The highest BCUT2D eigenvalue weighted by Crippen LogP contribution is 2.27. The standard InChI is InChI=1S/C16H30N4O2/c1-7-10-20-14(22)19(11-9-15(4,5)8-2)13(21)18-16(20,6)12(3)17/h7,12H,1,8-11,17H2,2-6H3,(H,18,21). The van der Waals surface area contributed by atoms with Crippen LogP contribution < -0.4 is 11.1 Å². The molecule has 0 bridgehead atoms. The average molecular weight is 310 g/mol. The Kier molecular flexibility index (Phi) is 5.62. The zero-order chi connectivity index (χ0) is 17.1. The van der Waals surface area contributed by atoms with Crippen molar-refractivity contribution >= 4 is 12.1 Å². The third-order valence-corrected chi connectivity index (χ3v) is 4.80. The second-order valence-electron chi connectivity index (χ2n) is 6.97. The summed E-state index contributed by atoms with van der Waals surface area (Å²) in [6.45, 7) is 14.3. The molecular weight excluding hydrogens is 280 g/mol. The Hall–Kier alpha value is -1.56. The van der Waals surface area contributed by atoms with Crippen LogP contribution in [-0.2, 0) is 0 Å². The molecule has 1 heterocycles. The highest BCUT2D eigenvalue weighted by molar-refractivity contribution is 5.97. The van der Waals surface area contributed by atoms with Crippen LogP contribution in [0.15, 0.2) is 12.7 Å². The molecule has 6 nitrogen and oxygen atoms in total. The summed E-state index contributed by atoms with van der Waals surface area (Å²) in [5, 5.41) is 2.88. The first kappa shape index (κ1) is 18.5. The molecule has 2 atom stereocenters. The largest absolute Gasteiger partial charge is 0.330 e. The van der Waals surface area contributed by atoms with E-state index in [2.05, 4.69) is 32.7 Å². The Bertz CT molecular complexity index is 447. The van der Waals surface area contributed by atoms with Crippen LogP contribution >= 0.6 is 0 Å². The normalized spacial score (nSPS) is 24.3. The third kappa shape index (κ3) is 3.61. The van der Waals surface area contributed by atoms with Crippen molar-refractivity contribution in [1.29, 1.82) is 0 Å². The molecule has 0 aromatic rings. The Morgan fingerprint density at radius 2 is 2.05 bits per heavy atom. The molecule has 126 valence electrons. The van der Waals surface area contributed by atoms with Gasteiger partial charge < -0.3 is 11.1 Å². The van der Waals surface area contributed by atoms with E-state index in [4.69, 9.17) is 5.73 Å². The highest BCUT2D eigenvalue weighted by atomic mass is 16.2. The molecular formula is C16H30N4O2. The number of hydrogen-bond donors (Lipinski definition) is 2. The van der Waals surface area contributed by atoms with Crippen molar-refractivity contribution in [1.82, 2.24) is 15.1 Å². The van der Waals surface area contributed by atoms with Gasteiger partial charge in [0.2, 0.25) is 0 Å². The molecule has 2 unspecified atom stereocenters. The summed E-state index contributed by atoms with van der Waals surface area (Å²) in [4.78, 5) is 27.9. The number of amides is 4. The van der Waals surface area contributed by atoms with Gasteiger partial charge in [0.25, 0.3) is 0 Å². The summed E-state index contributed by atoms with van der Waals surface area (Å²) in [6.07, 6.45) is 3.40. The Morgan fingerprint density at radius 3 is 2.50 bits per heavy atom. The van der Waals surface area contributed by atoms with Gasteiger partial charge in [-0.2, -0.15) is 0 Å². The van der Waals surface area contributed by atoms with Gasteiger partial charge in [-0.05, 0) is 25.7 Å². The predicted molar refractivity (Wildman–Crippen MR) is 88.3 cm³/mol. The number of carbonyl (C=O) groups excluding carboxylic acids is 2. The maximum Gasteiger partial charge on any atom is 0.330 e. The van der Waals surface area contributed by atoms with Crippen molar-refractivity contribution in [3.05, 3.63) is 12.7 Å². The molecule has 22 heavy (non-hydrogen) atoms. The first-order chi connectivity index (χ1) is 10.1. The molecule has 6 heteroatoms. The van der Waals surface area contributed by atoms with Crippen LogP contribution in [0.2, 0.25) is 0 Å². The molecule has 0 aliphatic carbocycles. The van der Waals surface area contributed by atoms with Crippen LogP contribution in [0.1, 0.15) is 47.5 Å². The maximum absolute atomic E-state index is 12.7. The van der Waals surface area contributed by atoms with E-state index in [-0.39, 0.29) is 17.5 Å². The van der Waals surface area contributed by atoms with Crippen molar-refractivity contribution in [2.45, 2.75) is 59.2 Å². The van der Waals surface area contributed by atoms with Crippen LogP contribution in [0.5, 0.6) is 0 Å². The molecule has 0 aromatic carbocycles. The van der Waals surface area contributed by atoms with Crippen LogP contribution in [0, 0.1) is 5.41 Å². The number of nitrogens with two attached hydrogens (primary N) is 1. The summed E-state index contributed by atoms with van der Waals surface area (Å²) in [5.74, 6) is 0. The smallest absolute Gasteiger partial charge is 0.324 e. The summed E-state index contributed by atoms with van der Waals surface area (Å²) >= 11 is 0. The minimum atomic E-state index is -0.904. The maximum atomic E-state index is 12.7. The fourth-order valence-electron chi connectivity index (χ4n) is 2.33. The Labute approximate surface area is 133 Å². The number of nitrogens with zero attached hydrogens (tertiary/aromatic N) is 2. The van der Waals surface area contributed by atoms with E-state index in [0.717, 1.165) is 12.8 Å². The quantitative estimate of drug-likeness (QED) is 0.709. The lowest BCUT2D eigenvalue weighted by molar-refractivity contribution is 0.0464. The van der Waals surface area contributed by atoms with Crippen LogP contribution in [0.25, 0.3) is 0 Å². The van der Waals surface area contributed by atoms with Gasteiger partial charge in [0.1, 0.15) is 5.66 Å². The van der Waals surface area contributed by atoms with Gasteiger partial charge >= 0.3 is 12.1 Å². The van der Waals surface area contributed by atoms with Crippen molar-refractivity contribution in [3.63, 3.8) is 0 Å². The Balaban J connectivity index is 2.98. The van der Waals surface area contributed by atoms with Crippen molar-refractivity contribution in [2.24, 2.45) is 11.1 Å². The lowest BCUT2D eigenvalue weighted by Gasteiger charge is -2.50. The van der Waals surface area contributed by atoms with E-state index in [1.807, 2.05) is 0 Å². The lowest BCUT2D eigenvalue weighted by Crippen LogP contribution is -2.76. The number of urea groups is 2. The van der Waals surface area contributed by atoms with Crippen molar-refractivity contribution in [3.8, 4) is 0 Å². The number of rotatable bonds is 7. The minimum absolute atomic E-state index is 0.0890. The van der Waals surface area contributed by atoms with Crippen LogP contribution in [-0.4, -0.2) is 46.7 Å². The molecule has 0 spiro atoms. The van der Waals surface area contributed by atoms with Gasteiger partial charge in [0.15, 0.2) is 0 Å². The predicted octanol–water partition coefficient (Wildman–Crippen LogP) is 2.51. The molecule has 1 fully saturated rings. The van der Waals surface area contributed by atoms with Gasteiger partial charge in [-0.15, -0.1) is 6.58 Å². The number of imide groups is 1. The van der Waals surface area contributed by atoms with Crippen molar-refractivity contribution in [2.75, 3.05) is 13.1 Å². The van der Waals surface area contributed by atoms with E-state index in [1.165, 1.54) is 4.90 Å². The van der Waals surface area contributed by atoms with Gasteiger partial charge in [0.05, 0.1) is 0 Å². The van der Waals surface area contributed by atoms with Crippen molar-refractivity contribution < 1.29 is 9.59 Å². The molecule has 0 radical (unpaired) electrons. The molecule has 4 amide bonds. The van der Waals surface area contributed by atoms with E-state index < -0.39 is 11.7 Å². The van der Waals surface area contributed by atoms with Crippen LogP contribution in [0.3, 0.4) is 0 Å². The number of carbonyl (C=O) groups is 2. The van der Waals surface area contributed by atoms with E-state index >= 15 is 0 Å². The average Bonchev–Trinajstić information content (AvgIpc) is 2.42. The molecule has 1 saturated heterocycles. The third-order valence-electron chi connectivity index (χ3n) is 4.80. The minimum Gasteiger partial charge on any atom is -0.324 e. The summed E-state index contributed by atoms with van der Waals surface area (Å²) in [6, 6.07) is -1.08. The summed E-state index contributed by atoms with van der Waals surface area (Å²) < 4.78 is 0. The topological polar surface area (TPSA) is 78.7 Å². The number of nitrogens with one attached hydrogen (secondary N) is 1. The molecule has 1 rings (SSSR count). The van der Waals surface area contributed by atoms with Gasteiger partial charge in [-0.25, -0.2) is 14.5 Å². The SMILES string of the molecule is C=CCN1C(=O)N(CCC(C)(C)CC)C(=O)NC1(C)C(C)N. The van der Waals surface area contributed by atoms with Gasteiger partial charge in [-0.3, -0.25) is 4.90 Å². The van der Waals surface area contributed by atoms with Gasteiger partial charge in [0, 0.05) is 19.1 Å². The number of hydrogen-bond acceptors (Lipinski definition) is 3. The zero-order valence-electron chi connectivity index (χ0n) is 14.5. The second kappa shape index (κ2) is 6.69. The van der Waals surface area contributed by atoms with Gasteiger partial charge in [-0.1, -0.05) is 33.3 Å². The molecule has 0 saturated carbocycles. The zero-order valence-corrected chi connectivity index (χ0v) is 14.5. The first-order valence-corrected chi connectivity index (χ1v) is 7.87. The lowest BCUT2D eigenvalue weighted by atomic mass is 9.86.